The third-order valence-corrected chi connectivity index (χ3v) is 4.69. The topological polar surface area (TPSA) is 99.7 Å². The van der Waals surface area contributed by atoms with E-state index in [-0.39, 0.29) is 5.56 Å². The SMILES string of the molecule is Cc1ccc(=O)n(CCN2CCCCC2CNc2nnccc2C#N)n1. The Balaban J connectivity index is 1.62. The highest BCUT2D eigenvalue weighted by Gasteiger charge is 2.22. The maximum Gasteiger partial charge on any atom is 0.266 e. The zero-order valence-electron chi connectivity index (χ0n) is 14.9. The highest BCUT2D eigenvalue weighted by atomic mass is 16.1. The molecule has 2 aromatic heterocycles. The molecule has 3 heterocycles. The summed E-state index contributed by atoms with van der Waals surface area (Å²) >= 11 is 0. The molecule has 1 N–H and O–H groups in total. The van der Waals surface area contributed by atoms with E-state index in [2.05, 4.69) is 31.6 Å². The van der Waals surface area contributed by atoms with Crippen molar-refractivity contribution in [3.8, 4) is 6.07 Å². The van der Waals surface area contributed by atoms with Crippen molar-refractivity contribution in [2.75, 3.05) is 25.0 Å². The van der Waals surface area contributed by atoms with E-state index in [9.17, 15) is 4.79 Å². The van der Waals surface area contributed by atoms with Crippen LogP contribution in [-0.2, 0) is 6.54 Å². The number of nitriles is 1. The van der Waals surface area contributed by atoms with Crippen LogP contribution in [0.4, 0.5) is 5.82 Å². The number of aryl methyl sites for hydroxylation is 1. The molecule has 1 unspecified atom stereocenters. The number of hydrogen-bond donors (Lipinski definition) is 1. The molecular formula is C18H23N7O. The van der Waals surface area contributed by atoms with Gasteiger partial charge < -0.3 is 5.32 Å². The van der Waals surface area contributed by atoms with Gasteiger partial charge in [0.15, 0.2) is 5.82 Å². The number of likely N-dealkylation sites (tertiary alicyclic amines) is 1. The summed E-state index contributed by atoms with van der Waals surface area (Å²) in [6.07, 6.45) is 4.92. The Hall–Kier alpha value is -2.79. The number of anilines is 1. The second kappa shape index (κ2) is 8.54. The van der Waals surface area contributed by atoms with Crippen LogP contribution >= 0.6 is 0 Å². The van der Waals surface area contributed by atoms with Crippen LogP contribution in [0.15, 0.2) is 29.2 Å². The predicted molar refractivity (Wildman–Crippen MR) is 97.7 cm³/mol. The van der Waals surface area contributed by atoms with Gasteiger partial charge in [-0.05, 0) is 38.4 Å². The number of nitrogens with zero attached hydrogens (tertiary/aromatic N) is 6. The van der Waals surface area contributed by atoms with Crippen molar-refractivity contribution in [3.63, 3.8) is 0 Å². The summed E-state index contributed by atoms with van der Waals surface area (Å²) in [6.45, 7) is 4.93. The van der Waals surface area contributed by atoms with Crippen LogP contribution in [0.2, 0.25) is 0 Å². The van der Waals surface area contributed by atoms with Crippen molar-refractivity contribution in [2.24, 2.45) is 0 Å². The van der Waals surface area contributed by atoms with E-state index in [0.29, 0.717) is 30.5 Å². The fraction of sp³-hybridized carbons (Fsp3) is 0.500. The second-order valence-electron chi connectivity index (χ2n) is 6.51. The summed E-state index contributed by atoms with van der Waals surface area (Å²) in [4.78, 5) is 14.3. The van der Waals surface area contributed by atoms with E-state index >= 15 is 0 Å². The highest BCUT2D eigenvalue weighted by molar-refractivity contribution is 5.50. The van der Waals surface area contributed by atoms with Crippen molar-refractivity contribution in [1.82, 2.24) is 24.9 Å². The molecule has 1 aliphatic rings. The van der Waals surface area contributed by atoms with Gasteiger partial charge in [0.1, 0.15) is 6.07 Å². The summed E-state index contributed by atoms with van der Waals surface area (Å²) in [7, 11) is 0. The largest absolute Gasteiger partial charge is 0.366 e. The number of hydrogen-bond acceptors (Lipinski definition) is 7. The summed E-state index contributed by atoms with van der Waals surface area (Å²) in [6, 6.07) is 7.42. The predicted octanol–water partition coefficient (Wildman–Crippen LogP) is 1.18. The number of aromatic nitrogens is 4. The molecule has 2 aromatic rings. The number of rotatable bonds is 6. The average molecular weight is 353 g/mol. The molecule has 0 bridgehead atoms. The van der Waals surface area contributed by atoms with Gasteiger partial charge in [0, 0.05) is 25.2 Å². The standard InChI is InChI=1S/C18H23N7O/c1-14-5-6-17(26)25(23-14)11-10-24-9-3-2-4-16(24)13-20-18-15(12-19)7-8-21-22-18/h5-8,16H,2-4,9-11,13H2,1H3,(H,20,22). The summed E-state index contributed by atoms with van der Waals surface area (Å²) in [5.74, 6) is 0.525. The second-order valence-corrected chi connectivity index (χ2v) is 6.51. The first kappa shape index (κ1) is 18.0. The normalized spacial score (nSPS) is 17.6. The lowest BCUT2D eigenvalue weighted by Gasteiger charge is -2.35. The minimum absolute atomic E-state index is 0.0690. The van der Waals surface area contributed by atoms with Gasteiger partial charge in [-0.3, -0.25) is 9.69 Å². The zero-order chi connectivity index (χ0) is 18.4. The van der Waals surface area contributed by atoms with Gasteiger partial charge >= 0.3 is 0 Å². The van der Waals surface area contributed by atoms with Crippen molar-refractivity contribution < 1.29 is 0 Å². The Kier molecular flexibility index (Phi) is 5.92. The average Bonchev–Trinajstić information content (AvgIpc) is 2.68. The van der Waals surface area contributed by atoms with Gasteiger partial charge in [-0.1, -0.05) is 6.42 Å². The fourth-order valence-electron chi connectivity index (χ4n) is 3.29. The van der Waals surface area contributed by atoms with Gasteiger partial charge in [-0.15, -0.1) is 5.10 Å². The quantitative estimate of drug-likeness (QED) is 0.832. The van der Waals surface area contributed by atoms with Crippen LogP contribution in [0.3, 0.4) is 0 Å². The first-order valence-electron chi connectivity index (χ1n) is 8.92. The van der Waals surface area contributed by atoms with Gasteiger partial charge in [-0.2, -0.15) is 15.5 Å². The Morgan fingerprint density at radius 2 is 2.19 bits per heavy atom. The molecule has 1 atom stereocenters. The van der Waals surface area contributed by atoms with E-state index in [1.807, 2.05) is 6.92 Å². The van der Waals surface area contributed by atoms with E-state index in [1.165, 1.54) is 17.3 Å². The molecule has 26 heavy (non-hydrogen) atoms. The summed E-state index contributed by atoms with van der Waals surface area (Å²) < 4.78 is 1.53. The lowest BCUT2D eigenvalue weighted by molar-refractivity contribution is 0.148. The lowest BCUT2D eigenvalue weighted by Crippen LogP contribution is -2.45. The molecule has 0 aromatic carbocycles. The summed E-state index contributed by atoms with van der Waals surface area (Å²) in [5.41, 5.74) is 1.27. The van der Waals surface area contributed by atoms with Gasteiger partial charge in [0.2, 0.25) is 0 Å². The molecule has 0 aliphatic carbocycles. The van der Waals surface area contributed by atoms with Crippen LogP contribution in [0.25, 0.3) is 0 Å². The number of piperidine rings is 1. The van der Waals surface area contributed by atoms with Gasteiger partial charge in [0.05, 0.1) is 24.0 Å². The molecule has 8 heteroatoms. The molecule has 0 radical (unpaired) electrons. The van der Waals surface area contributed by atoms with E-state index in [4.69, 9.17) is 5.26 Å². The smallest absolute Gasteiger partial charge is 0.266 e. The zero-order valence-corrected chi connectivity index (χ0v) is 14.9. The van der Waals surface area contributed by atoms with Crippen LogP contribution in [0.1, 0.15) is 30.5 Å². The molecule has 3 rings (SSSR count). The van der Waals surface area contributed by atoms with Crippen LogP contribution < -0.4 is 10.9 Å². The first-order chi connectivity index (χ1) is 12.7. The number of nitrogens with one attached hydrogen (secondary N) is 1. The maximum atomic E-state index is 11.9. The minimum Gasteiger partial charge on any atom is -0.366 e. The van der Waals surface area contributed by atoms with E-state index in [1.54, 1.807) is 18.2 Å². The van der Waals surface area contributed by atoms with E-state index in [0.717, 1.165) is 31.6 Å². The van der Waals surface area contributed by atoms with Crippen molar-refractivity contribution in [2.45, 2.75) is 38.8 Å². The molecular weight excluding hydrogens is 330 g/mol. The molecule has 1 saturated heterocycles. The molecule has 0 spiro atoms. The highest BCUT2D eigenvalue weighted by Crippen LogP contribution is 2.18. The summed E-state index contributed by atoms with van der Waals surface area (Å²) in [5, 5.41) is 24.6. The molecule has 1 fully saturated rings. The molecule has 8 nitrogen and oxygen atoms in total. The monoisotopic (exact) mass is 353 g/mol. The molecule has 136 valence electrons. The van der Waals surface area contributed by atoms with Gasteiger partial charge in [0.25, 0.3) is 5.56 Å². The third kappa shape index (κ3) is 4.43. The Labute approximate surface area is 152 Å². The Morgan fingerprint density at radius 3 is 3.04 bits per heavy atom. The van der Waals surface area contributed by atoms with Crippen LogP contribution in [-0.4, -0.2) is 50.6 Å². The lowest BCUT2D eigenvalue weighted by atomic mass is 10.0. The third-order valence-electron chi connectivity index (χ3n) is 4.69. The van der Waals surface area contributed by atoms with Crippen molar-refractivity contribution in [3.05, 3.63) is 46.0 Å². The molecule has 0 saturated carbocycles. The van der Waals surface area contributed by atoms with Crippen molar-refractivity contribution >= 4 is 5.82 Å². The Morgan fingerprint density at radius 1 is 1.31 bits per heavy atom. The minimum atomic E-state index is -0.0690. The van der Waals surface area contributed by atoms with Crippen LogP contribution in [0.5, 0.6) is 0 Å². The first-order valence-corrected chi connectivity index (χ1v) is 8.92. The fourth-order valence-corrected chi connectivity index (χ4v) is 3.29. The van der Waals surface area contributed by atoms with Crippen LogP contribution in [0, 0.1) is 18.3 Å². The van der Waals surface area contributed by atoms with E-state index < -0.39 is 0 Å². The maximum absolute atomic E-state index is 11.9. The van der Waals surface area contributed by atoms with Crippen molar-refractivity contribution in [1.29, 1.82) is 5.26 Å². The molecule has 1 aliphatic heterocycles. The Bertz CT molecular complexity index is 842. The molecule has 0 amide bonds. The van der Waals surface area contributed by atoms with Gasteiger partial charge in [-0.25, -0.2) is 4.68 Å².